The SMILES string of the molecule is Cc1ccsc1CN1C(=O)NC(=O)C2(CCCC2)C1=O. The molecule has 4 amide bonds. The van der Waals surface area contributed by atoms with Crippen LogP contribution in [0.2, 0.25) is 0 Å². The molecule has 5 nitrogen and oxygen atoms in total. The topological polar surface area (TPSA) is 66.5 Å². The first-order chi connectivity index (χ1) is 9.54. The van der Waals surface area contributed by atoms with Crippen LogP contribution in [0.3, 0.4) is 0 Å². The maximum Gasteiger partial charge on any atom is 0.331 e. The first-order valence-electron chi connectivity index (χ1n) is 6.75. The van der Waals surface area contributed by atoms with Crippen LogP contribution in [0.5, 0.6) is 0 Å². The average molecular weight is 292 g/mol. The van der Waals surface area contributed by atoms with Crippen LogP contribution in [0, 0.1) is 12.3 Å². The zero-order chi connectivity index (χ0) is 14.3. The van der Waals surface area contributed by atoms with E-state index >= 15 is 0 Å². The van der Waals surface area contributed by atoms with Crippen molar-refractivity contribution in [3.05, 3.63) is 21.9 Å². The summed E-state index contributed by atoms with van der Waals surface area (Å²) in [5.74, 6) is -0.735. The van der Waals surface area contributed by atoms with Crippen molar-refractivity contribution in [2.24, 2.45) is 5.41 Å². The molecule has 1 N–H and O–H groups in total. The minimum absolute atomic E-state index is 0.253. The summed E-state index contributed by atoms with van der Waals surface area (Å²) in [4.78, 5) is 38.9. The zero-order valence-corrected chi connectivity index (χ0v) is 12.1. The largest absolute Gasteiger partial charge is 0.331 e. The molecule has 0 atom stereocenters. The number of hydrogen-bond acceptors (Lipinski definition) is 4. The fraction of sp³-hybridized carbons (Fsp3) is 0.500. The predicted molar refractivity (Wildman–Crippen MR) is 74.0 cm³/mol. The van der Waals surface area contributed by atoms with E-state index < -0.39 is 17.4 Å². The molecule has 1 aromatic heterocycles. The molecule has 1 saturated carbocycles. The lowest BCUT2D eigenvalue weighted by Crippen LogP contribution is -2.62. The molecule has 1 spiro atoms. The number of amides is 4. The summed E-state index contributed by atoms with van der Waals surface area (Å²) >= 11 is 1.52. The monoisotopic (exact) mass is 292 g/mol. The standard InChI is InChI=1S/C14H16N2O3S/c1-9-4-7-20-10(9)8-16-12(18)14(5-2-3-6-14)11(17)15-13(16)19/h4,7H,2-3,5-6,8H2,1H3,(H,15,17,19). The van der Waals surface area contributed by atoms with Gasteiger partial charge in [-0.3, -0.25) is 19.8 Å². The Labute approximate surface area is 121 Å². The van der Waals surface area contributed by atoms with Gasteiger partial charge in [0.05, 0.1) is 6.54 Å². The van der Waals surface area contributed by atoms with E-state index in [0.717, 1.165) is 23.3 Å². The van der Waals surface area contributed by atoms with Gasteiger partial charge in [0.15, 0.2) is 0 Å². The number of rotatable bonds is 2. The quantitative estimate of drug-likeness (QED) is 0.850. The molecular formula is C14H16N2O3S. The molecule has 1 aromatic rings. The maximum atomic E-state index is 12.7. The third-order valence-electron chi connectivity index (χ3n) is 4.28. The van der Waals surface area contributed by atoms with E-state index in [1.807, 2.05) is 18.4 Å². The first-order valence-corrected chi connectivity index (χ1v) is 7.63. The number of thiophene rings is 1. The third kappa shape index (κ3) is 1.86. The highest BCUT2D eigenvalue weighted by molar-refractivity contribution is 7.10. The molecule has 3 rings (SSSR count). The van der Waals surface area contributed by atoms with Gasteiger partial charge in [-0.1, -0.05) is 12.8 Å². The molecule has 0 radical (unpaired) electrons. The van der Waals surface area contributed by atoms with Gasteiger partial charge < -0.3 is 0 Å². The van der Waals surface area contributed by atoms with Crippen LogP contribution in [-0.4, -0.2) is 22.7 Å². The van der Waals surface area contributed by atoms with Gasteiger partial charge >= 0.3 is 6.03 Å². The summed E-state index contributed by atoms with van der Waals surface area (Å²) < 4.78 is 0. The first kappa shape index (κ1) is 13.3. The fourth-order valence-electron chi connectivity index (χ4n) is 3.00. The predicted octanol–water partition coefficient (Wildman–Crippen LogP) is 2.20. The highest BCUT2D eigenvalue weighted by Crippen LogP contribution is 2.42. The number of carbonyl (C=O) groups is 3. The van der Waals surface area contributed by atoms with Crippen LogP contribution >= 0.6 is 11.3 Å². The number of aryl methyl sites for hydroxylation is 1. The van der Waals surface area contributed by atoms with Crippen LogP contribution < -0.4 is 5.32 Å². The number of hydrogen-bond donors (Lipinski definition) is 1. The van der Waals surface area contributed by atoms with E-state index in [0.29, 0.717) is 12.8 Å². The van der Waals surface area contributed by atoms with Gasteiger partial charge in [-0.25, -0.2) is 4.79 Å². The lowest BCUT2D eigenvalue weighted by Gasteiger charge is -2.36. The Morgan fingerprint density at radius 1 is 1.30 bits per heavy atom. The Balaban J connectivity index is 1.90. The van der Waals surface area contributed by atoms with Crippen molar-refractivity contribution < 1.29 is 14.4 Å². The van der Waals surface area contributed by atoms with Gasteiger partial charge in [-0.05, 0) is 36.8 Å². The molecule has 6 heteroatoms. The Kier molecular flexibility index (Phi) is 3.12. The Bertz CT molecular complexity index is 587. The van der Waals surface area contributed by atoms with Crippen LogP contribution in [0.15, 0.2) is 11.4 Å². The molecule has 0 aromatic carbocycles. The normalized spacial score (nSPS) is 21.6. The number of barbiturate groups is 1. The Hall–Kier alpha value is -1.69. The lowest BCUT2D eigenvalue weighted by atomic mass is 9.82. The molecule has 2 heterocycles. The second-order valence-corrected chi connectivity index (χ2v) is 6.47. The molecule has 106 valence electrons. The van der Waals surface area contributed by atoms with Gasteiger partial charge in [0.2, 0.25) is 11.8 Å². The number of carbonyl (C=O) groups excluding carboxylic acids is 3. The minimum Gasteiger partial charge on any atom is -0.277 e. The zero-order valence-electron chi connectivity index (χ0n) is 11.3. The van der Waals surface area contributed by atoms with Gasteiger partial charge in [0.1, 0.15) is 5.41 Å². The van der Waals surface area contributed by atoms with Crippen LogP contribution in [0.4, 0.5) is 4.79 Å². The molecule has 0 bridgehead atoms. The smallest absolute Gasteiger partial charge is 0.277 e. The van der Waals surface area contributed by atoms with Crippen molar-refractivity contribution in [3.8, 4) is 0 Å². The summed E-state index contributed by atoms with van der Waals surface area (Å²) in [5.41, 5.74) is 0.0620. The Morgan fingerprint density at radius 2 is 2.00 bits per heavy atom. The molecule has 2 fully saturated rings. The van der Waals surface area contributed by atoms with Crippen LogP contribution in [-0.2, 0) is 16.1 Å². The number of imide groups is 2. The summed E-state index contributed by atoms with van der Waals surface area (Å²) in [6.45, 7) is 2.21. The van der Waals surface area contributed by atoms with E-state index in [1.54, 1.807) is 0 Å². The van der Waals surface area contributed by atoms with Crippen LogP contribution in [0.25, 0.3) is 0 Å². The molecule has 20 heavy (non-hydrogen) atoms. The van der Waals surface area contributed by atoms with Crippen molar-refractivity contribution in [1.82, 2.24) is 10.2 Å². The fourth-order valence-corrected chi connectivity index (χ4v) is 3.90. The van der Waals surface area contributed by atoms with E-state index in [-0.39, 0.29) is 12.5 Å². The van der Waals surface area contributed by atoms with E-state index in [9.17, 15) is 14.4 Å². The summed E-state index contributed by atoms with van der Waals surface area (Å²) in [6.07, 6.45) is 2.81. The maximum absolute atomic E-state index is 12.7. The van der Waals surface area contributed by atoms with E-state index in [1.165, 1.54) is 16.2 Å². The third-order valence-corrected chi connectivity index (χ3v) is 5.29. The minimum atomic E-state index is -1.00. The number of nitrogens with one attached hydrogen (secondary N) is 1. The molecule has 1 aliphatic heterocycles. The molecule has 0 unspecified atom stereocenters. The molecule has 2 aliphatic rings. The molecule has 1 saturated heterocycles. The second-order valence-electron chi connectivity index (χ2n) is 5.47. The summed E-state index contributed by atoms with van der Waals surface area (Å²) in [6, 6.07) is 1.37. The van der Waals surface area contributed by atoms with Crippen LogP contribution in [0.1, 0.15) is 36.1 Å². The highest BCUT2D eigenvalue weighted by Gasteiger charge is 2.54. The number of urea groups is 1. The lowest BCUT2D eigenvalue weighted by molar-refractivity contribution is -0.151. The highest BCUT2D eigenvalue weighted by atomic mass is 32.1. The Morgan fingerprint density at radius 3 is 2.60 bits per heavy atom. The average Bonchev–Trinajstić information content (AvgIpc) is 3.03. The van der Waals surface area contributed by atoms with Crippen molar-refractivity contribution in [3.63, 3.8) is 0 Å². The second kappa shape index (κ2) is 4.70. The van der Waals surface area contributed by atoms with Gasteiger partial charge in [-0.15, -0.1) is 11.3 Å². The van der Waals surface area contributed by atoms with Gasteiger partial charge in [0.25, 0.3) is 0 Å². The van der Waals surface area contributed by atoms with Crippen molar-refractivity contribution in [2.45, 2.75) is 39.2 Å². The van der Waals surface area contributed by atoms with Crippen molar-refractivity contribution in [1.29, 1.82) is 0 Å². The van der Waals surface area contributed by atoms with Gasteiger partial charge in [0, 0.05) is 4.88 Å². The number of nitrogens with zero attached hydrogens (tertiary/aromatic N) is 1. The van der Waals surface area contributed by atoms with E-state index in [2.05, 4.69) is 5.32 Å². The summed E-state index contributed by atoms with van der Waals surface area (Å²) in [7, 11) is 0. The van der Waals surface area contributed by atoms with Crippen molar-refractivity contribution >= 4 is 29.2 Å². The van der Waals surface area contributed by atoms with E-state index in [4.69, 9.17) is 0 Å². The summed E-state index contributed by atoms with van der Waals surface area (Å²) in [5, 5.41) is 4.29. The van der Waals surface area contributed by atoms with Crippen molar-refractivity contribution in [2.75, 3.05) is 0 Å². The molecule has 1 aliphatic carbocycles. The van der Waals surface area contributed by atoms with Gasteiger partial charge in [-0.2, -0.15) is 0 Å². The molecular weight excluding hydrogens is 276 g/mol.